The van der Waals surface area contributed by atoms with Crippen molar-refractivity contribution in [2.45, 2.75) is 38.5 Å². The van der Waals surface area contributed by atoms with E-state index in [0.29, 0.717) is 18.1 Å². The molecular formula is C13H26N2O2S. The van der Waals surface area contributed by atoms with Gasteiger partial charge in [-0.3, -0.25) is 0 Å². The van der Waals surface area contributed by atoms with E-state index >= 15 is 0 Å². The molecule has 0 spiro atoms. The molecule has 18 heavy (non-hydrogen) atoms. The first-order valence-electron chi connectivity index (χ1n) is 7.18. The van der Waals surface area contributed by atoms with Crippen LogP contribution in [0.2, 0.25) is 0 Å². The van der Waals surface area contributed by atoms with Crippen LogP contribution in [0.5, 0.6) is 0 Å². The molecule has 0 radical (unpaired) electrons. The van der Waals surface area contributed by atoms with E-state index in [1.165, 1.54) is 32.1 Å². The standard InChI is InChI=1S/C13H26N2O2S/c14-11-13(5-2-1-3-6-13)12-15-7-4-9-18(16,17)10-8-15/h1-12,14H2. The normalized spacial score (nSPS) is 28.7. The Hall–Kier alpha value is -0.130. The molecule has 0 aromatic rings. The second-order valence-corrected chi connectivity index (χ2v) is 8.35. The van der Waals surface area contributed by atoms with Crippen molar-refractivity contribution in [2.24, 2.45) is 11.1 Å². The second-order valence-electron chi connectivity index (χ2n) is 6.05. The summed E-state index contributed by atoms with van der Waals surface area (Å²) in [4.78, 5) is 2.34. The maximum atomic E-state index is 11.6. The van der Waals surface area contributed by atoms with Crippen molar-refractivity contribution in [2.75, 3.05) is 37.7 Å². The van der Waals surface area contributed by atoms with Crippen molar-refractivity contribution >= 4 is 9.84 Å². The molecule has 1 saturated carbocycles. The number of nitrogens with zero attached hydrogens (tertiary/aromatic N) is 1. The highest BCUT2D eigenvalue weighted by Crippen LogP contribution is 2.36. The Morgan fingerprint density at radius 2 is 1.72 bits per heavy atom. The van der Waals surface area contributed by atoms with Crippen molar-refractivity contribution in [1.29, 1.82) is 0 Å². The van der Waals surface area contributed by atoms with Gasteiger partial charge in [-0.25, -0.2) is 8.42 Å². The van der Waals surface area contributed by atoms with Gasteiger partial charge in [-0.05, 0) is 37.8 Å². The predicted molar refractivity (Wildman–Crippen MR) is 74.3 cm³/mol. The first kappa shape index (κ1) is 14.3. The Bertz CT molecular complexity index is 361. The van der Waals surface area contributed by atoms with Crippen LogP contribution >= 0.6 is 0 Å². The Balaban J connectivity index is 1.95. The second kappa shape index (κ2) is 5.88. The highest BCUT2D eigenvalue weighted by molar-refractivity contribution is 7.91. The summed E-state index contributed by atoms with van der Waals surface area (Å²) in [6, 6.07) is 0. The Labute approximate surface area is 111 Å². The zero-order valence-corrected chi connectivity index (χ0v) is 12.1. The molecule has 2 rings (SSSR count). The molecule has 1 saturated heterocycles. The molecule has 0 bridgehead atoms. The molecule has 0 unspecified atom stereocenters. The van der Waals surface area contributed by atoms with Gasteiger partial charge in [0.25, 0.3) is 0 Å². The topological polar surface area (TPSA) is 63.4 Å². The molecule has 0 atom stereocenters. The quantitative estimate of drug-likeness (QED) is 0.834. The Kier molecular flexibility index (Phi) is 4.67. The van der Waals surface area contributed by atoms with Crippen LogP contribution in [0.1, 0.15) is 38.5 Å². The van der Waals surface area contributed by atoms with Gasteiger partial charge < -0.3 is 10.6 Å². The molecule has 2 aliphatic rings. The highest BCUT2D eigenvalue weighted by Gasteiger charge is 2.33. The number of hydrogen-bond acceptors (Lipinski definition) is 4. The average Bonchev–Trinajstić information content (AvgIpc) is 2.52. The molecule has 0 amide bonds. The lowest BCUT2D eigenvalue weighted by atomic mass is 9.73. The lowest BCUT2D eigenvalue weighted by Gasteiger charge is -2.40. The van der Waals surface area contributed by atoms with E-state index in [0.717, 1.165) is 26.1 Å². The van der Waals surface area contributed by atoms with E-state index in [9.17, 15) is 8.42 Å². The van der Waals surface area contributed by atoms with Crippen molar-refractivity contribution in [1.82, 2.24) is 4.90 Å². The Morgan fingerprint density at radius 1 is 1.00 bits per heavy atom. The largest absolute Gasteiger partial charge is 0.330 e. The lowest BCUT2D eigenvalue weighted by molar-refractivity contribution is 0.116. The SMILES string of the molecule is NCC1(CN2CCCS(=O)(=O)CC2)CCCCC1. The van der Waals surface area contributed by atoms with E-state index < -0.39 is 9.84 Å². The molecule has 0 aromatic carbocycles. The van der Waals surface area contributed by atoms with E-state index in [-0.39, 0.29) is 5.41 Å². The van der Waals surface area contributed by atoms with Crippen molar-refractivity contribution in [3.63, 3.8) is 0 Å². The fourth-order valence-corrected chi connectivity index (χ4v) is 4.66. The summed E-state index contributed by atoms with van der Waals surface area (Å²) in [5.41, 5.74) is 6.26. The number of sulfone groups is 1. The fraction of sp³-hybridized carbons (Fsp3) is 1.00. The molecule has 2 N–H and O–H groups in total. The van der Waals surface area contributed by atoms with Crippen LogP contribution in [0, 0.1) is 5.41 Å². The third-order valence-electron chi connectivity index (χ3n) is 4.55. The summed E-state index contributed by atoms with van der Waals surface area (Å²) in [6.07, 6.45) is 7.10. The third-order valence-corrected chi connectivity index (χ3v) is 6.27. The van der Waals surface area contributed by atoms with Crippen molar-refractivity contribution in [3.8, 4) is 0 Å². The minimum Gasteiger partial charge on any atom is -0.330 e. The minimum atomic E-state index is -2.79. The minimum absolute atomic E-state index is 0.256. The molecular weight excluding hydrogens is 248 g/mol. The van der Waals surface area contributed by atoms with E-state index in [1.54, 1.807) is 0 Å². The molecule has 1 heterocycles. The third kappa shape index (κ3) is 3.68. The van der Waals surface area contributed by atoms with Gasteiger partial charge in [0.15, 0.2) is 9.84 Å². The molecule has 1 aliphatic heterocycles. The van der Waals surface area contributed by atoms with Gasteiger partial charge in [-0.2, -0.15) is 0 Å². The van der Waals surface area contributed by atoms with Gasteiger partial charge >= 0.3 is 0 Å². The summed E-state index contributed by atoms with van der Waals surface area (Å²) in [5, 5.41) is 0. The van der Waals surface area contributed by atoms with Gasteiger partial charge in [0.2, 0.25) is 0 Å². The van der Waals surface area contributed by atoms with Gasteiger partial charge in [-0.1, -0.05) is 19.3 Å². The van der Waals surface area contributed by atoms with Crippen LogP contribution in [-0.4, -0.2) is 51.0 Å². The molecule has 4 nitrogen and oxygen atoms in total. The van der Waals surface area contributed by atoms with E-state index in [1.807, 2.05) is 0 Å². The predicted octanol–water partition coefficient (Wildman–Crippen LogP) is 1.02. The van der Waals surface area contributed by atoms with Crippen LogP contribution in [0.4, 0.5) is 0 Å². The summed E-state index contributed by atoms with van der Waals surface area (Å²) in [5.74, 6) is 0.687. The van der Waals surface area contributed by atoms with E-state index in [4.69, 9.17) is 5.73 Å². The number of rotatable bonds is 3. The fourth-order valence-electron chi connectivity index (χ4n) is 3.35. The Morgan fingerprint density at radius 3 is 2.39 bits per heavy atom. The summed E-state index contributed by atoms with van der Waals surface area (Å²) in [6.45, 7) is 3.36. The van der Waals surface area contributed by atoms with Gasteiger partial charge in [0, 0.05) is 13.1 Å². The first-order chi connectivity index (χ1) is 8.55. The molecule has 5 heteroatoms. The van der Waals surface area contributed by atoms with Crippen LogP contribution in [-0.2, 0) is 9.84 Å². The maximum absolute atomic E-state index is 11.6. The lowest BCUT2D eigenvalue weighted by Crippen LogP contribution is -2.44. The van der Waals surface area contributed by atoms with Crippen LogP contribution in [0.25, 0.3) is 0 Å². The van der Waals surface area contributed by atoms with Gasteiger partial charge in [0.05, 0.1) is 11.5 Å². The van der Waals surface area contributed by atoms with Crippen LogP contribution in [0.15, 0.2) is 0 Å². The van der Waals surface area contributed by atoms with Crippen molar-refractivity contribution < 1.29 is 8.42 Å². The summed E-state index contributed by atoms with van der Waals surface area (Å²) < 4.78 is 23.2. The summed E-state index contributed by atoms with van der Waals surface area (Å²) in [7, 11) is -2.79. The van der Waals surface area contributed by atoms with Gasteiger partial charge in [-0.15, -0.1) is 0 Å². The van der Waals surface area contributed by atoms with Crippen LogP contribution in [0.3, 0.4) is 0 Å². The smallest absolute Gasteiger partial charge is 0.151 e. The average molecular weight is 274 g/mol. The molecule has 1 aliphatic carbocycles. The maximum Gasteiger partial charge on any atom is 0.151 e. The monoisotopic (exact) mass is 274 g/mol. The van der Waals surface area contributed by atoms with E-state index in [2.05, 4.69) is 4.90 Å². The van der Waals surface area contributed by atoms with Crippen LogP contribution < -0.4 is 5.73 Å². The number of hydrogen-bond donors (Lipinski definition) is 1. The summed E-state index contributed by atoms with van der Waals surface area (Å²) >= 11 is 0. The molecule has 0 aromatic heterocycles. The first-order valence-corrected chi connectivity index (χ1v) is 9.00. The zero-order valence-electron chi connectivity index (χ0n) is 11.2. The number of nitrogens with two attached hydrogens (primary N) is 1. The van der Waals surface area contributed by atoms with Gasteiger partial charge in [0.1, 0.15) is 0 Å². The molecule has 2 fully saturated rings. The molecule has 106 valence electrons. The highest BCUT2D eigenvalue weighted by atomic mass is 32.2. The van der Waals surface area contributed by atoms with Crippen molar-refractivity contribution in [3.05, 3.63) is 0 Å². The zero-order chi connectivity index (χ0) is 13.1.